The van der Waals surface area contributed by atoms with Crippen LogP contribution >= 0.6 is 15.9 Å². The van der Waals surface area contributed by atoms with E-state index in [1.807, 2.05) is 0 Å². The van der Waals surface area contributed by atoms with Crippen LogP contribution in [0.1, 0.15) is 30.9 Å². The van der Waals surface area contributed by atoms with Gasteiger partial charge in [0, 0.05) is 17.9 Å². The lowest BCUT2D eigenvalue weighted by Crippen LogP contribution is -2.52. The van der Waals surface area contributed by atoms with Gasteiger partial charge in [0.1, 0.15) is 18.0 Å². The van der Waals surface area contributed by atoms with Crippen LogP contribution in [-0.4, -0.2) is 23.6 Å². The Kier molecular flexibility index (Phi) is 4.68. The van der Waals surface area contributed by atoms with E-state index in [1.54, 1.807) is 0 Å². The van der Waals surface area contributed by atoms with Gasteiger partial charge < -0.3 is 9.47 Å². The molecular formula is C15H21BrO2. The molecule has 1 saturated carbocycles. The second-order valence-electron chi connectivity index (χ2n) is 5.01. The number of ether oxygens (including phenoxy) is 2. The third-order valence-electron chi connectivity index (χ3n) is 3.30. The maximum atomic E-state index is 6.06. The van der Waals surface area contributed by atoms with E-state index in [0.29, 0.717) is 4.83 Å². The molecule has 3 unspecified atom stereocenters. The van der Waals surface area contributed by atoms with Gasteiger partial charge in [-0.05, 0) is 31.9 Å². The van der Waals surface area contributed by atoms with Gasteiger partial charge in [0.2, 0.25) is 0 Å². The Hall–Kier alpha value is -0.540. The van der Waals surface area contributed by atoms with Crippen LogP contribution in [0.15, 0.2) is 18.2 Å². The van der Waals surface area contributed by atoms with Crippen molar-refractivity contribution in [2.24, 2.45) is 0 Å². The molecule has 0 aromatic heterocycles. The van der Waals surface area contributed by atoms with Gasteiger partial charge in [-0.15, -0.1) is 0 Å². The number of alkyl halides is 1. The molecule has 0 saturated heterocycles. The minimum absolute atomic E-state index is 0.183. The summed E-state index contributed by atoms with van der Waals surface area (Å²) in [6, 6.07) is 6.30. The van der Waals surface area contributed by atoms with Crippen LogP contribution in [0.5, 0.6) is 5.75 Å². The monoisotopic (exact) mass is 312 g/mol. The Morgan fingerprint density at radius 1 is 1.33 bits per heavy atom. The molecule has 1 fully saturated rings. The summed E-state index contributed by atoms with van der Waals surface area (Å²) >= 11 is 3.64. The first-order valence-corrected chi connectivity index (χ1v) is 7.53. The van der Waals surface area contributed by atoms with Crippen molar-refractivity contribution in [3.63, 3.8) is 0 Å². The van der Waals surface area contributed by atoms with E-state index in [0.717, 1.165) is 25.2 Å². The summed E-state index contributed by atoms with van der Waals surface area (Å²) < 4.78 is 11.9. The maximum Gasteiger partial charge on any atom is 0.127 e. The van der Waals surface area contributed by atoms with Gasteiger partial charge in [-0.1, -0.05) is 40.5 Å². The van der Waals surface area contributed by atoms with Crippen molar-refractivity contribution in [1.29, 1.82) is 0 Å². The normalized spacial score (nSPS) is 26.8. The quantitative estimate of drug-likeness (QED) is 0.765. The number of hydrogen-bond donors (Lipinski definition) is 0. The van der Waals surface area contributed by atoms with Crippen LogP contribution in [0.2, 0.25) is 0 Å². The average Bonchev–Trinajstić information content (AvgIpc) is 2.32. The number of hydrogen-bond acceptors (Lipinski definition) is 2. The van der Waals surface area contributed by atoms with E-state index in [2.05, 4.69) is 54.9 Å². The summed E-state index contributed by atoms with van der Waals surface area (Å²) in [5.74, 6) is 0.982. The van der Waals surface area contributed by atoms with Gasteiger partial charge in [-0.2, -0.15) is 0 Å². The first kappa shape index (κ1) is 13.9. The Morgan fingerprint density at radius 3 is 2.72 bits per heavy atom. The largest absolute Gasteiger partial charge is 0.487 e. The second-order valence-corrected chi connectivity index (χ2v) is 6.19. The maximum absolute atomic E-state index is 6.06. The Bertz CT molecular complexity index is 405. The molecule has 3 heteroatoms. The minimum Gasteiger partial charge on any atom is -0.487 e. The topological polar surface area (TPSA) is 18.5 Å². The van der Waals surface area contributed by atoms with Crippen LogP contribution in [0, 0.1) is 13.8 Å². The predicted octanol–water partition coefficient (Wildman–Crippen LogP) is 4.01. The number of benzene rings is 1. The molecule has 1 aliphatic carbocycles. The van der Waals surface area contributed by atoms with Gasteiger partial charge in [0.15, 0.2) is 0 Å². The summed E-state index contributed by atoms with van der Waals surface area (Å²) in [4.78, 5) is 0.430. The summed E-state index contributed by atoms with van der Waals surface area (Å²) in [5, 5.41) is 0. The third kappa shape index (κ3) is 3.07. The molecule has 0 bridgehead atoms. The van der Waals surface area contributed by atoms with Crippen LogP contribution in [-0.2, 0) is 4.74 Å². The molecule has 0 radical (unpaired) electrons. The van der Waals surface area contributed by atoms with Gasteiger partial charge in [-0.25, -0.2) is 0 Å². The molecule has 0 aliphatic heterocycles. The molecule has 18 heavy (non-hydrogen) atoms. The highest BCUT2D eigenvalue weighted by Crippen LogP contribution is 2.35. The Labute approximate surface area is 118 Å². The molecule has 0 heterocycles. The fourth-order valence-corrected chi connectivity index (χ4v) is 3.06. The highest BCUT2D eigenvalue weighted by molar-refractivity contribution is 9.09. The summed E-state index contributed by atoms with van der Waals surface area (Å²) in [7, 11) is 0. The zero-order chi connectivity index (χ0) is 13.1. The SMILES string of the molecule is CCCOC1C(Br)CC1Oc1ccc(C)cc1C. The molecule has 0 amide bonds. The van der Waals surface area contributed by atoms with Crippen LogP contribution < -0.4 is 4.74 Å². The molecule has 2 nitrogen and oxygen atoms in total. The zero-order valence-corrected chi connectivity index (χ0v) is 12.9. The number of aryl methyl sites for hydroxylation is 2. The average molecular weight is 313 g/mol. The second kappa shape index (κ2) is 6.07. The van der Waals surface area contributed by atoms with E-state index in [4.69, 9.17) is 9.47 Å². The van der Waals surface area contributed by atoms with Crippen LogP contribution in [0.25, 0.3) is 0 Å². The highest BCUT2D eigenvalue weighted by Gasteiger charge is 2.42. The summed E-state index contributed by atoms with van der Waals surface area (Å²) in [5.41, 5.74) is 2.47. The van der Waals surface area contributed by atoms with Crippen molar-refractivity contribution in [2.45, 2.75) is 50.6 Å². The lowest BCUT2D eigenvalue weighted by molar-refractivity contribution is -0.0764. The molecular weight excluding hydrogens is 292 g/mol. The fraction of sp³-hybridized carbons (Fsp3) is 0.600. The Balaban J connectivity index is 1.96. The van der Waals surface area contributed by atoms with Gasteiger partial charge in [0.25, 0.3) is 0 Å². The number of rotatable bonds is 5. The first-order chi connectivity index (χ1) is 8.61. The standard InChI is InChI=1S/C15H21BrO2/c1-4-7-17-15-12(16)9-14(15)18-13-6-5-10(2)8-11(13)3/h5-6,8,12,14-15H,4,7,9H2,1-3H3. The summed E-state index contributed by atoms with van der Waals surface area (Å²) in [6.07, 6.45) is 2.43. The molecule has 1 aromatic carbocycles. The predicted molar refractivity (Wildman–Crippen MR) is 77.7 cm³/mol. The molecule has 1 aromatic rings. The number of halogens is 1. The molecule has 2 rings (SSSR count). The lowest BCUT2D eigenvalue weighted by Gasteiger charge is -2.41. The van der Waals surface area contributed by atoms with E-state index in [1.165, 1.54) is 11.1 Å². The van der Waals surface area contributed by atoms with Crippen molar-refractivity contribution < 1.29 is 9.47 Å². The Morgan fingerprint density at radius 2 is 2.11 bits per heavy atom. The lowest BCUT2D eigenvalue weighted by atomic mass is 9.91. The van der Waals surface area contributed by atoms with Gasteiger partial charge >= 0.3 is 0 Å². The summed E-state index contributed by atoms with van der Waals surface area (Å²) in [6.45, 7) is 7.12. The minimum atomic E-state index is 0.183. The van der Waals surface area contributed by atoms with Crippen molar-refractivity contribution >= 4 is 15.9 Å². The highest BCUT2D eigenvalue weighted by atomic mass is 79.9. The first-order valence-electron chi connectivity index (χ1n) is 6.61. The van der Waals surface area contributed by atoms with Crippen molar-refractivity contribution in [2.75, 3.05) is 6.61 Å². The van der Waals surface area contributed by atoms with Crippen LogP contribution in [0.3, 0.4) is 0 Å². The van der Waals surface area contributed by atoms with Crippen molar-refractivity contribution in [1.82, 2.24) is 0 Å². The van der Waals surface area contributed by atoms with E-state index in [9.17, 15) is 0 Å². The third-order valence-corrected chi connectivity index (χ3v) is 4.20. The molecule has 1 aliphatic rings. The fourth-order valence-electron chi connectivity index (χ4n) is 2.20. The van der Waals surface area contributed by atoms with Gasteiger partial charge in [-0.3, -0.25) is 0 Å². The smallest absolute Gasteiger partial charge is 0.127 e. The molecule has 0 spiro atoms. The molecule has 3 atom stereocenters. The zero-order valence-electron chi connectivity index (χ0n) is 11.3. The van der Waals surface area contributed by atoms with Gasteiger partial charge in [0.05, 0.1) is 0 Å². The van der Waals surface area contributed by atoms with E-state index >= 15 is 0 Å². The van der Waals surface area contributed by atoms with Crippen molar-refractivity contribution in [3.8, 4) is 5.75 Å². The van der Waals surface area contributed by atoms with Crippen molar-refractivity contribution in [3.05, 3.63) is 29.3 Å². The van der Waals surface area contributed by atoms with E-state index in [-0.39, 0.29) is 12.2 Å². The van der Waals surface area contributed by atoms with Crippen LogP contribution in [0.4, 0.5) is 0 Å². The molecule has 0 N–H and O–H groups in total. The molecule has 100 valence electrons. The van der Waals surface area contributed by atoms with E-state index < -0.39 is 0 Å².